The summed E-state index contributed by atoms with van der Waals surface area (Å²) in [6.45, 7) is 1.52. The van der Waals surface area contributed by atoms with Crippen molar-refractivity contribution >= 4 is 17.1 Å². The van der Waals surface area contributed by atoms with E-state index in [-0.39, 0.29) is 0 Å². The van der Waals surface area contributed by atoms with E-state index in [1.165, 1.54) is 0 Å². The molecule has 0 amide bonds. The molecule has 0 aliphatic rings. The van der Waals surface area contributed by atoms with E-state index < -0.39 is 0 Å². The molecule has 0 bridgehead atoms. The quantitative estimate of drug-likeness (QED) is 0.622. The average Bonchev–Trinajstić information content (AvgIpc) is 2.60. The number of pyridine rings is 1. The molecular formula is C9H13N5. The second kappa shape index (κ2) is 4.06. The molecular weight excluding hydrogens is 178 g/mol. The molecule has 2 heterocycles. The number of nitrogens with one attached hydrogen (secondary N) is 2. The predicted octanol–water partition coefficient (Wildman–Crippen LogP) is 0.719. The van der Waals surface area contributed by atoms with Gasteiger partial charge in [0.1, 0.15) is 0 Å². The third-order valence-electron chi connectivity index (χ3n) is 1.93. The lowest BCUT2D eigenvalue weighted by Gasteiger charge is -1.98. The minimum Gasteiger partial charge on any atom is -0.356 e. The Morgan fingerprint density at radius 2 is 2.43 bits per heavy atom. The molecule has 0 saturated heterocycles. The van der Waals surface area contributed by atoms with Crippen molar-refractivity contribution in [1.82, 2.24) is 15.0 Å². The Labute approximate surface area is 81.7 Å². The summed E-state index contributed by atoms with van der Waals surface area (Å²) in [7, 11) is 0. The molecule has 0 radical (unpaired) electrons. The number of nitrogens with zero attached hydrogens (tertiary/aromatic N) is 2. The standard InChI is InChI=1S/C9H13N5/c10-4-2-6-12-9-13-7-3-1-5-11-8(7)14-9/h1,3,5H,2,4,6,10H2,(H2,11,12,13,14). The first kappa shape index (κ1) is 8.96. The number of imidazole rings is 1. The van der Waals surface area contributed by atoms with Crippen molar-refractivity contribution in [1.29, 1.82) is 0 Å². The number of hydrogen-bond acceptors (Lipinski definition) is 4. The Kier molecular flexibility index (Phi) is 2.60. The van der Waals surface area contributed by atoms with Gasteiger partial charge in [0.05, 0.1) is 5.52 Å². The van der Waals surface area contributed by atoms with Gasteiger partial charge in [-0.1, -0.05) is 0 Å². The zero-order valence-corrected chi connectivity index (χ0v) is 7.83. The number of nitrogens with two attached hydrogens (primary N) is 1. The van der Waals surface area contributed by atoms with Gasteiger partial charge in [-0.2, -0.15) is 4.98 Å². The number of aromatic nitrogens is 3. The number of rotatable bonds is 4. The molecule has 74 valence electrons. The van der Waals surface area contributed by atoms with Gasteiger partial charge in [-0.25, -0.2) is 4.98 Å². The zero-order chi connectivity index (χ0) is 9.80. The molecule has 0 fully saturated rings. The first-order valence-electron chi connectivity index (χ1n) is 4.65. The predicted molar refractivity (Wildman–Crippen MR) is 56.0 cm³/mol. The fourth-order valence-corrected chi connectivity index (χ4v) is 1.24. The number of aromatic amines is 1. The molecule has 14 heavy (non-hydrogen) atoms. The topological polar surface area (TPSA) is 79.6 Å². The van der Waals surface area contributed by atoms with E-state index >= 15 is 0 Å². The molecule has 0 aliphatic heterocycles. The highest BCUT2D eigenvalue weighted by Crippen LogP contribution is 2.10. The summed E-state index contributed by atoms with van der Waals surface area (Å²) in [5, 5.41) is 3.15. The van der Waals surface area contributed by atoms with E-state index in [9.17, 15) is 0 Å². The molecule has 0 unspecified atom stereocenters. The van der Waals surface area contributed by atoms with E-state index in [2.05, 4.69) is 20.3 Å². The van der Waals surface area contributed by atoms with Gasteiger partial charge in [0.25, 0.3) is 0 Å². The molecule has 0 aromatic carbocycles. The van der Waals surface area contributed by atoms with Gasteiger partial charge in [-0.05, 0) is 25.1 Å². The van der Waals surface area contributed by atoms with Crippen molar-refractivity contribution in [3.63, 3.8) is 0 Å². The monoisotopic (exact) mass is 191 g/mol. The summed E-state index contributed by atoms with van der Waals surface area (Å²) in [6.07, 6.45) is 2.66. The molecule has 0 atom stereocenters. The van der Waals surface area contributed by atoms with E-state index in [1.54, 1.807) is 6.20 Å². The van der Waals surface area contributed by atoms with Gasteiger partial charge in [0, 0.05) is 12.7 Å². The number of anilines is 1. The third-order valence-corrected chi connectivity index (χ3v) is 1.93. The summed E-state index contributed by atoms with van der Waals surface area (Å²) in [6, 6.07) is 3.83. The van der Waals surface area contributed by atoms with Crippen LogP contribution in [0.2, 0.25) is 0 Å². The Morgan fingerprint density at radius 1 is 1.50 bits per heavy atom. The fraction of sp³-hybridized carbons (Fsp3) is 0.333. The lowest BCUT2D eigenvalue weighted by atomic mass is 10.4. The van der Waals surface area contributed by atoms with Crippen LogP contribution in [0.1, 0.15) is 6.42 Å². The van der Waals surface area contributed by atoms with Crippen molar-refractivity contribution in [2.45, 2.75) is 6.42 Å². The van der Waals surface area contributed by atoms with Gasteiger partial charge in [0.15, 0.2) is 5.65 Å². The second-order valence-corrected chi connectivity index (χ2v) is 3.03. The molecule has 5 nitrogen and oxygen atoms in total. The zero-order valence-electron chi connectivity index (χ0n) is 7.83. The minimum absolute atomic E-state index is 0.686. The van der Waals surface area contributed by atoms with Crippen molar-refractivity contribution in [3.8, 4) is 0 Å². The summed E-state index contributed by atoms with van der Waals surface area (Å²) >= 11 is 0. The Morgan fingerprint density at radius 3 is 3.21 bits per heavy atom. The minimum atomic E-state index is 0.686. The van der Waals surface area contributed by atoms with Crippen LogP contribution < -0.4 is 11.1 Å². The molecule has 2 aromatic heterocycles. The molecule has 2 aromatic rings. The molecule has 0 spiro atoms. The maximum atomic E-state index is 5.38. The lowest BCUT2D eigenvalue weighted by molar-refractivity contribution is 0.867. The SMILES string of the molecule is NCCCNc1nc2ncccc2[nH]1. The maximum absolute atomic E-state index is 5.38. The number of hydrogen-bond donors (Lipinski definition) is 3. The first-order chi connectivity index (χ1) is 6.90. The van der Waals surface area contributed by atoms with Crippen molar-refractivity contribution in [3.05, 3.63) is 18.3 Å². The van der Waals surface area contributed by atoms with Crippen LogP contribution in [0.5, 0.6) is 0 Å². The van der Waals surface area contributed by atoms with Crippen LogP contribution in [0.3, 0.4) is 0 Å². The fourth-order valence-electron chi connectivity index (χ4n) is 1.24. The van der Waals surface area contributed by atoms with E-state index in [0.29, 0.717) is 6.54 Å². The first-order valence-corrected chi connectivity index (χ1v) is 4.65. The molecule has 0 aliphatic carbocycles. The average molecular weight is 191 g/mol. The highest BCUT2D eigenvalue weighted by Gasteiger charge is 2.00. The lowest BCUT2D eigenvalue weighted by Crippen LogP contribution is -2.09. The van der Waals surface area contributed by atoms with Crippen molar-refractivity contribution in [2.75, 3.05) is 18.4 Å². The van der Waals surface area contributed by atoms with E-state index in [0.717, 1.165) is 30.1 Å². The van der Waals surface area contributed by atoms with Crippen LogP contribution in [0, 0.1) is 0 Å². The highest BCUT2D eigenvalue weighted by molar-refractivity contribution is 5.72. The smallest absolute Gasteiger partial charge is 0.202 e. The van der Waals surface area contributed by atoms with Gasteiger partial charge in [-0.15, -0.1) is 0 Å². The summed E-state index contributed by atoms with van der Waals surface area (Å²) in [4.78, 5) is 11.5. The van der Waals surface area contributed by atoms with Crippen LogP contribution in [0.4, 0.5) is 5.95 Å². The molecule has 4 N–H and O–H groups in total. The van der Waals surface area contributed by atoms with Crippen molar-refractivity contribution in [2.24, 2.45) is 5.73 Å². The maximum Gasteiger partial charge on any atom is 0.202 e. The molecule has 5 heteroatoms. The van der Waals surface area contributed by atoms with E-state index in [4.69, 9.17) is 5.73 Å². The van der Waals surface area contributed by atoms with Gasteiger partial charge in [-0.3, -0.25) is 0 Å². The highest BCUT2D eigenvalue weighted by atomic mass is 15.1. The molecule has 0 saturated carbocycles. The van der Waals surface area contributed by atoms with Gasteiger partial charge in [0.2, 0.25) is 5.95 Å². The van der Waals surface area contributed by atoms with Gasteiger partial charge < -0.3 is 16.0 Å². The number of H-pyrrole nitrogens is 1. The van der Waals surface area contributed by atoms with Crippen LogP contribution in [-0.2, 0) is 0 Å². The third kappa shape index (κ3) is 1.82. The summed E-state index contributed by atoms with van der Waals surface area (Å²) < 4.78 is 0. The van der Waals surface area contributed by atoms with Crippen LogP contribution in [-0.4, -0.2) is 28.0 Å². The second-order valence-electron chi connectivity index (χ2n) is 3.03. The molecule has 2 rings (SSSR count). The largest absolute Gasteiger partial charge is 0.356 e. The van der Waals surface area contributed by atoms with E-state index in [1.807, 2.05) is 12.1 Å². The van der Waals surface area contributed by atoms with Crippen LogP contribution in [0.15, 0.2) is 18.3 Å². The summed E-state index contributed by atoms with van der Waals surface area (Å²) in [5.41, 5.74) is 7.07. The Balaban J connectivity index is 2.11. The van der Waals surface area contributed by atoms with Gasteiger partial charge >= 0.3 is 0 Å². The Bertz CT molecular complexity index is 375. The summed E-state index contributed by atoms with van der Waals surface area (Å²) in [5.74, 6) is 0.757. The van der Waals surface area contributed by atoms with Crippen LogP contribution >= 0.6 is 0 Å². The number of fused-ring (bicyclic) bond motifs is 1. The Hall–Kier alpha value is -1.62. The van der Waals surface area contributed by atoms with Crippen LogP contribution in [0.25, 0.3) is 11.2 Å². The van der Waals surface area contributed by atoms with Crippen molar-refractivity contribution < 1.29 is 0 Å². The normalized spacial score (nSPS) is 10.6.